The molecule has 12 heteroatoms. The lowest BCUT2D eigenvalue weighted by Gasteiger charge is -2.30. The number of methoxy groups -OCH3 is 3. The molecule has 226 valence electrons. The molecule has 0 aliphatic carbocycles. The highest BCUT2D eigenvalue weighted by molar-refractivity contribution is 7.89. The van der Waals surface area contributed by atoms with Crippen LogP contribution >= 0.6 is 11.3 Å². The van der Waals surface area contributed by atoms with Crippen LogP contribution in [0.4, 0.5) is 5.13 Å². The smallest absolute Gasteiger partial charge is 0.280 e. The number of nitrogens with zero attached hydrogens (tertiary/aromatic N) is 4. The van der Waals surface area contributed by atoms with Crippen LogP contribution in [0.1, 0.15) is 41.3 Å². The van der Waals surface area contributed by atoms with Gasteiger partial charge in [0.15, 0.2) is 11.5 Å². The fourth-order valence-electron chi connectivity index (χ4n) is 5.00. The van der Waals surface area contributed by atoms with Gasteiger partial charge in [-0.2, -0.15) is 14.4 Å². The molecule has 0 N–H and O–H groups in total. The highest BCUT2D eigenvalue weighted by atomic mass is 32.2. The molecule has 0 radical (unpaired) electrons. The molecule has 1 aliphatic rings. The fourth-order valence-corrected chi connectivity index (χ4v) is 7.62. The molecule has 0 saturated carbocycles. The van der Waals surface area contributed by atoms with Crippen molar-refractivity contribution < 1.29 is 27.4 Å². The quantitative estimate of drug-likeness (QED) is 0.173. The topological polar surface area (TPSA) is 111 Å². The van der Waals surface area contributed by atoms with Gasteiger partial charge in [0.1, 0.15) is 0 Å². The summed E-state index contributed by atoms with van der Waals surface area (Å²) in [6.07, 6.45) is 3.35. The van der Waals surface area contributed by atoms with Crippen molar-refractivity contribution in [3.05, 3.63) is 71.3 Å². The average Bonchev–Trinajstić information content (AvgIpc) is 3.43. The maximum Gasteiger partial charge on any atom is 0.280 e. The number of ether oxygens (including phenoxy) is 3. The van der Waals surface area contributed by atoms with Crippen LogP contribution in [-0.4, -0.2) is 64.2 Å². The highest BCUT2D eigenvalue weighted by Crippen LogP contribution is 2.38. The van der Waals surface area contributed by atoms with Crippen molar-refractivity contribution in [2.45, 2.75) is 31.6 Å². The molecule has 1 saturated heterocycles. The number of amides is 1. The van der Waals surface area contributed by atoms with E-state index in [1.165, 1.54) is 72.5 Å². The predicted molar refractivity (Wildman–Crippen MR) is 168 cm³/mol. The number of rotatable bonds is 9. The number of aryl methyl sites for hydroxylation is 1. The molecular weight excluding hydrogens is 588 g/mol. The first-order chi connectivity index (χ1) is 20.6. The number of fused-ring (bicyclic) bond motifs is 1. The van der Waals surface area contributed by atoms with E-state index in [1.54, 1.807) is 12.1 Å². The van der Waals surface area contributed by atoms with Gasteiger partial charge >= 0.3 is 0 Å². The van der Waals surface area contributed by atoms with Crippen LogP contribution in [-0.2, 0) is 10.0 Å². The zero-order valence-corrected chi connectivity index (χ0v) is 26.4. The third-order valence-electron chi connectivity index (χ3n) is 7.27. The Kier molecular flexibility index (Phi) is 9.00. The van der Waals surface area contributed by atoms with Crippen LogP contribution in [0.3, 0.4) is 0 Å². The molecule has 1 aliphatic heterocycles. The first-order valence-corrected chi connectivity index (χ1v) is 16.1. The number of hydrogen-bond donors (Lipinski definition) is 0. The van der Waals surface area contributed by atoms with Crippen molar-refractivity contribution in [1.29, 1.82) is 0 Å². The molecule has 3 aromatic carbocycles. The van der Waals surface area contributed by atoms with E-state index in [9.17, 15) is 13.2 Å². The zero-order chi connectivity index (χ0) is 30.7. The number of carbonyl (C=O) groups is 1. The maximum absolute atomic E-state index is 13.9. The zero-order valence-electron chi connectivity index (χ0n) is 24.7. The molecule has 2 heterocycles. The van der Waals surface area contributed by atoms with E-state index in [4.69, 9.17) is 14.2 Å². The van der Waals surface area contributed by atoms with Gasteiger partial charge in [-0.1, -0.05) is 24.3 Å². The van der Waals surface area contributed by atoms with Crippen molar-refractivity contribution in [2.24, 2.45) is 11.0 Å². The normalized spacial score (nSPS) is 16.0. The van der Waals surface area contributed by atoms with Crippen molar-refractivity contribution in [3.8, 4) is 17.2 Å². The van der Waals surface area contributed by atoms with Crippen molar-refractivity contribution in [1.82, 2.24) is 9.29 Å². The summed E-state index contributed by atoms with van der Waals surface area (Å²) in [6, 6.07) is 15.3. The van der Waals surface area contributed by atoms with Gasteiger partial charge < -0.3 is 14.2 Å². The molecule has 5 rings (SSSR count). The van der Waals surface area contributed by atoms with Gasteiger partial charge in [0, 0.05) is 24.2 Å². The van der Waals surface area contributed by atoms with Crippen LogP contribution < -0.4 is 19.2 Å². The van der Waals surface area contributed by atoms with Gasteiger partial charge in [0.25, 0.3) is 5.91 Å². The molecule has 0 spiro atoms. The summed E-state index contributed by atoms with van der Waals surface area (Å²) in [5.41, 5.74) is 2.68. The van der Waals surface area contributed by atoms with Gasteiger partial charge in [-0.05, 0) is 79.8 Å². The van der Waals surface area contributed by atoms with E-state index in [-0.39, 0.29) is 10.5 Å². The van der Waals surface area contributed by atoms with E-state index >= 15 is 0 Å². The summed E-state index contributed by atoms with van der Waals surface area (Å²) in [5.74, 6) is 1.16. The Morgan fingerprint density at radius 1 is 1.05 bits per heavy atom. The number of aromatic nitrogens is 1. The largest absolute Gasteiger partial charge is 0.493 e. The summed E-state index contributed by atoms with van der Waals surface area (Å²) in [5, 5.41) is 6.14. The minimum Gasteiger partial charge on any atom is -0.493 e. The Hall–Kier alpha value is -4.00. The Balaban J connectivity index is 1.51. The third kappa shape index (κ3) is 6.36. The van der Waals surface area contributed by atoms with E-state index in [1.807, 2.05) is 25.1 Å². The number of hydrogen-bond acceptors (Lipinski definition) is 9. The summed E-state index contributed by atoms with van der Waals surface area (Å²) in [7, 11) is 0.900. The Bertz CT molecular complexity index is 1740. The van der Waals surface area contributed by atoms with Gasteiger partial charge in [0.2, 0.25) is 20.9 Å². The van der Waals surface area contributed by atoms with Gasteiger partial charge in [-0.25, -0.2) is 13.4 Å². The SMILES string of the molecule is COc1cc(/C=N/N(C(=O)c2ccc(S(=O)(=O)N3CCCC(C)C3)cc2)c2nc3ccc(C)cc3s2)cc(OC)c1OC. The van der Waals surface area contributed by atoms with Crippen LogP contribution in [0.15, 0.2) is 64.6 Å². The molecule has 1 amide bonds. The fraction of sp³-hybridized carbons (Fsp3) is 0.323. The number of carbonyl (C=O) groups excluding carboxylic acids is 1. The molecular formula is C31H34N4O6S2. The second-order valence-corrected chi connectivity index (χ2v) is 13.4. The minimum absolute atomic E-state index is 0.154. The first-order valence-electron chi connectivity index (χ1n) is 13.8. The van der Waals surface area contributed by atoms with Crippen molar-refractivity contribution in [2.75, 3.05) is 39.4 Å². The van der Waals surface area contributed by atoms with E-state index in [0.29, 0.717) is 47.0 Å². The molecule has 1 fully saturated rings. The van der Waals surface area contributed by atoms with Gasteiger partial charge in [-0.15, -0.1) is 0 Å². The lowest BCUT2D eigenvalue weighted by molar-refractivity contribution is 0.0987. The predicted octanol–water partition coefficient (Wildman–Crippen LogP) is 5.73. The molecule has 1 atom stereocenters. The van der Waals surface area contributed by atoms with Crippen LogP contribution in [0.2, 0.25) is 0 Å². The van der Waals surface area contributed by atoms with Gasteiger partial charge in [-0.3, -0.25) is 4.79 Å². The van der Waals surface area contributed by atoms with Gasteiger partial charge in [0.05, 0.1) is 42.7 Å². The van der Waals surface area contributed by atoms with Crippen molar-refractivity contribution >= 4 is 48.8 Å². The van der Waals surface area contributed by atoms with E-state index in [2.05, 4.69) is 17.0 Å². The van der Waals surface area contributed by atoms with E-state index in [0.717, 1.165) is 28.6 Å². The van der Waals surface area contributed by atoms with Crippen LogP contribution in [0, 0.1) is 12.8 Å². The molecule has 4 aromatic rings. The summed E-state index contributed by atoms with van der Waals surface area (Å²) >= 11 is 1.33. The number of anilines is 1. The Morgan fingerprint density at radius 3 is 2.37 bits per heavy atom. The molecule has 0 bridgehead atoms. The lowest BCUT2D eigenvalue weighted by atomic mass is 10.0. The van der Waals surface area contributed by atoms with Crippen LogP contribution in [0.25, 0.3) is 10.2 Å². The Morgan fingerprint density at radius 2 is 1.74 bits per heavy atom. The number of benzene rings is 3. The Labute approximate surface area is 255 Å². The number of sulfonamides is 1. The monoisotopic (exact) mass is 622 g/mol. The average molecular weight is 623 g/mol. The number of hydrazone groups is 1. The number of thiazole rings is 1. The molecule has 1 unspecified atom stereocenters. The van der Waals surface area contributed by atoms with Crippen LogP contribution in [0.5, 0.6) is 17.2 Å². The molecule has 10 nitrogen and oxygen atoms in total. The van der Waals surface area contributed by atoms with Crippen molar-refractivity contribution in [3.63, 3.8) is 0 Å². The third-order valence-corrected chi connectivity index (χ3v) is 10.1. The first kappa shape index (κ1) is 30.5. The molecule has 1 aromatic heterocycles. The summed E-state index contributed by atoms with van der Waals surface area (Å²) < 4.78 is 45.3. The standard InChI is InChI=1S/C31H34N4O6S2/c1-20-8-13-25-28(15-20)42-31(33-25)35(32-18-22-16-26(39-3)29(41-5)27(17-22)40-4)30(36)23-9-11-24(12-10-23)43(37,38)34-14-6-7-21(2)19-34/h8-13,15-18,21H,6-7,14,19H2,1-5H3/b32-18+. The summed E-state index contributed by atoms with van der Waals surface area (Å²) in [4.78, 5) is 18.7. The summed E-state index contributed by atoms with van der Waals surface area (Å²) in [6.45, 7) is 5.03. The van der Waals surface area contributed by atoms with E-state index < -0.39 is 15.9 Å². The highest BCUT2D eigenvalue weighted by Gasteiger charge is 2.29. The number of piperidine rings is 1. The lowest BCUT2D eigenvalue weighted by Crippen LogP contribution is -2.39. The maximum atomic E-state index is 13.9. The second kappa shape index (κ2) is 12.7. The second-order valence-electron chi connectivity index (χ2n) is 10.4. The minimum atomic E-state index is -3.66. The molecule has 43 heavy (non-hydrogen) atoms.